The zero-order chi connectivity index (χ0) is 33.9. The van der Waals surface area contributed by atoms with Gasteiger partial charge in [0.25, 0.3) is 0 Å². The van der Waals surface area contributed by atoms with E-state index in [2.05, 4.69) is 33.8 Å². The maximum Gasteiger partial charge on any atom is 0.312 e. The summed E-state index contributed by atoms with van der Waals surface area (Å²) in [6, 6.07) is 7.85. The van der Waals surface area contributed by atoms with Gasteiger partial charge in [-0.25, -0.2) is 0 Å². The third-order valence-corrected chi connectivity index (χ3v) is 13.0. The highest BCUT2D eigenvalue weighted by Crippen LogP contribution is 2.66. The number of benzene rings is 2. The van der Waals surface area contributed by atoms with Gasteiger partial charge in [-0.1, -0.05) is 58.2 Å². The fourth-order valence-corrected chi connectivity index (χ4v) is 10.2. The highest BCUT2D eigenvalue weighted by atomic mass is 16.7. The third kappa shape index (κ3) is 6.06. The van der Waals surface area contributed by atoms with Crippen LogP contribution in [-0.2, 0) is 14.3 Å². The normalized spacial score (nSPS) is 38.3. The van der Waals surface area contributed by atoms with Gasteiger partial charge >= 0.3 is 5.97 Å². The van der Waals surface area contributed by atoms with Crippen molar-refractivity contribution in [2.24, 2.45) is 34.0 Å². The number of methoxy groups -OCH3 is 1. The van der Waals surface area contributed by atoms with Crippen LogP contribution in [0, 0.1) is 47.8 Å². The van der Waals surface area contributed by atoms with Crippen LogP contribution in [0.15, 0.2) is 24.3 Å². The molecule has 2 aromatic carbocycles. The summed E-state index contributed by atoms with van der Waals surface area (Å²) in [5.74, 6) is 1.61. The minimum Gasteiger partial charge on any atom is -0.493 e. The van der Waals surface area contributed by atoms with E-state index in [4.69, 9.17) is 18.9 Å². The van der Waals surface area contributed by atoms with Gasteiger partial charge in [0.1, 0.15) is 31.0 Å². The maximum absolute atomic E-state index is 14.5. The lowest BCUT2D eigenvalue weighted by atomic mass is 9.42. The molecule has 10 atom stereocenters. The minimum atomic E-state index is -1.56. The van der Waals surface area contributed by atoms with Crippen molar-refractivity contribution in [2.45, 2.75) is 130 Å². The Hall–Kier alpha value is -2.39. The molecule has 3 saturated carbocycles. The molecule has 3 N–H and O–H groups in total. The first kappa shape index (κ1) is 34.5. The predicted molar refractivity (Wildman–Crippen MR) is 180 cm³/mol. The molecule has 6 rings (SSSR count). The van der Waals surface area contributed by atoms with Gasteiger partial charge in [-0.05, 0) is 116 Å². The average molecular weight is 653 g/mol. The lowest BCUT2D eigenvalue weighted by Gasteiger charge is -2.61. The highest BCUT2D eigenvalue weighted by molar-refractivity contribution is 5.89. The zero-order valence-corrected chi connectivity index (χ0v) is 29.4. The summed E-state index contributed by atoms with van der Waals surface area (Å²) >= 11 is 0. The number of hydrogen-bond acceptors (Lipinski definition) is 8. The number of fused-ring (bicyclic) bond motifs is 4. The molecule has 8 nitrogen and oxygen atoms in total. The number of ether oxygens (including phenoxy) is 4. The number of aliphatic hydroxyl groups is 3. The fraction of sp³-hybridized carbons (Fsp3) is 0.718. The van der Waals surface area contributed by atoms with Crippen molar-refractivity contribution in [3.05, 3.63) is 35.4 Å². The molecule has 3 aliphatic carbocycles. The van der Waals surface area contributed by atoms with Crippen molar-refractivity contribution in [1.29, 1.82) is 0 Å². The predicted octanol–water partition coefficient (Wildman–Crippen LogP) is 6.63. The molecule has 1 saturated heterocycles. The van der Waals surface area contributed by atoms with E-state index in [0.29, 0.717) is 22.8 Å². The lowest BCUT2D eigenvalue weighted by molar-refractivity contribution is -0.280. The van der Waals surface area contributed by atoms with Crippen LogP contribution in [0.3, 0.4) is 0 Å². The van der Waals surface area contributed by atoms with E-state index in [-0.39, 0.29) is 29.8 Å². The third-order valence-electron chi connectivity index (χ3n) is 13.0. The molecular formula is C39H56O8. The molecule has 47 heavy (non-hydrogen) atoms. The number of aryl methyl sites for hydroxylation is 2. The van der Waals surface area contributed by atoms with Gasteiger partial charge in [-0.15, -0.1) is 0 Å². The van der Waals surface area contributed by atoms with E-state index in [1.807, 2.05) is 32.0 Å². The molecule has 0 bridgehead atoms. The van der Waals surface area contributed by atoms with Crippen LogP contribution in [0.1, 0.15) is 96.6 Å². The average Bonchev–Trinajstić information content (AvgIpc) is 3.03. The zero-order valence-electron chi connectivity index (χ0n) is 29.4. The Morgan fingerprint density at radius 1 is 0.936 bits per heavy atom. The second-order valence-electron chi connectivity index (χ2n) is 16.3. The van der Waals surface area contributed by atoms with Gasteiger partial charge in [-0.2, -0.15) is 0 Å². The van der Waals surface area contributed by atoms with Crippen LogP contribution >= 0.6 is 0 Å². The summed E-state index contributed by atoms with van der Waals surface area (Å²) in [5.41, 5.74) is 1.98. The Balaban J connectivity index is 1.23. The molecule has 8 heteroatoms. The van der Waals surface area contributed by atoms with E-state index in [1.54, 1.807) is 7.11 Å². The van der Waals surface area contributed by atoms with Crippen LogP contribution in [-0.4, -0.2) is 65.7 Å². The largest absolute Gasteiger partial charge is 0.493 e. The number of esters is 1. The Morgan fingerprint density at radius 2 is 1.70 bits per heavy atom. The Labute approximate surface area is 280 Å². The van der Waals surface area contributed by atoms with Crippen molar-refractivity contribution in [2.75, 3.05) is 13.7 Å². The van der Waals surface area contributed by atoms with Gasteiger partial charge in [0.15, 0.2) is 11.5 Å². The van der Waals surface area contributed by atoms with E-state index in [0.717, 1.165) is 79.7 Å². The smallest absolute Gasteiger partial charge is 0.312 e. The molecule has 260 valence electrons. The first-order valence-electron chi connectivity index (χ1n) is 17.9. The monoisotopic (exact) mass is 652 g/mol. The summed E-state index contributed by atoms with van der Waals surface area (Å²) in [6.07, 6.45) is 2.61. The molecule has 1 heterocycles. The molecular weight excluding hydrogens is 596 g/mol. The van der Waals surface area contributed by atoms with Gasteiger partial charge < -0.3 is 34.3 Å². The quantitative estimate of drug-likeness (QED) is 0.286. The summed E-state index contributed by atoms with van der Waals surface area (Å²) in [4.78, 5) is 14.5. The van der Waals surface area contributed by atoms with Gasteiger partial charge in [0, 0.05) is 0 Å². The Kier molecular flexibility index (Phi) is 9.40. The molecule has 0 aromatic heterocycles. The molecule has 4 aliphatic rings. The second-order valence-corrected chi connectivity index (χ2v) is 16.3. The van der Waals surface area contributed by atoms with Crippen molar-refractivity contribution in [3.8, 4) is 11.5 Å². The summed E-state index contributed by atoms with van der Waals surface area (Å²) in [7, 11) is 1.54. The molecule has 0 unspecified atom stereocenters. The standard InChI is InChI=1S/C39H56O8/c1-8-38(6)15-12-27-24(20-38)10-11-31-37(4,5)13-9-14-39(27,31)36(43)45-21-30-32(40)33(41)34(42)35(47-30)46-29-18-25-17-22(2)16-23(3)26(25)19-28(29)44-7/h16-19,24,27,30-35,40-42H,8-15,20-21H2,1-7H3/t24-,27-,30+,31-,32+,33-,34+,35+,38-,39-/m0/s1. The number of aliphatic hydroxyl groups excluding tert-OH is 3. The van der Waals surface area contributed by atoms with Gasteiger partial charge in [0.05, 0.1) is 12.5 Å². The Morgan fingerprint density at radius 3 is 2.43 bits per heavy atom. The number of hydrogen-bond donors (Lipinski definition) is 3. The molecule has 0 spiro atoms. The van der Waals surface area contributed by atoms with Gasteiger partial charge in [-0.3, -0.25) is 4.79 Å². The topological polar surface area (TPSA) is 115 Å². The second kappa shape index (κ2) is 12.8. The minimum absolute atomic E-state index is 0.0316. The number of carbonyl (C=O) groups is 1. The van der Waals surface area contributed by atoms with Crippen molar-refractivity contribution in [1.82, 2.24) is 0 Å². The first-order valence-corrected chi connectivity index (χ1v) is 17.9. The van der Waals surface area contributed by atoms with E-state index in [9.17, 15) is 20.1 Å². The maximum atomic E-state index is 14.5. The molecule has 0 amide bonds. The van der Waals surface area contributed by atoms with Crippen LogP contribution in [0.2, 0.25) is 0 Å². The number of rotatable bonds is 7. The Bertz CT molecular complexity index is 1470. The summed E-state index contributed by atoms with van der Waals surface area (Å²) < 4.78 is 24.1. The van der Waals surface area contributed by atoms with Crippen LogP contribution in [0.5, 0.6) is 11.5 Å². The summed E-state index contributed by atoms with van der Waals surface area (Å²) in [6.45, 7) is 13.1. The molecule has 1 aliphatic heterocycles. The molecule has 4 fully saturated rings. The van der Waals surface area contributed by atoms with E-state index in [1.165, 1.54) is 0 Å². The SMILES string of the molecule is CC[C@@]1(C)CC[C@H]2[C@@H](CC[C@H]3C(C)(C)CCC[C@]23C(=O)OC[C@H]2O[C@@H](Oc3cc4cc(C)cc(C)c4cc3OC)[C@H](O)[C@@H](O)[C@@H]2O)C1. The van der Waals surface area contributed by atoms with Crippen LogP contribution in [0.25, 0.3) is 10.8 Å². The van der Waals surface area contributed by atoms with E-state index >= 15 is 0 Å². The van der Waals surface area contributed by atoms with Crippen molar-refractivity contribution in [3.63, 3.8) is 0 Å². The first-order chi connectivity index (χ1) is 22.2. The molecule has 2 aromatic rings. The van der Waals surface area contributed by atoms with Gasteiger partial charge in [0.2, 0.25) is 6.29 Å². The fourth-order valence-electron chi connectivity index (χ4n) is 10.2. The number of carbonyl (C=O) groups excluding carboxylic acids is 1. The van der Waals surface area contributed by atoms with Crippen LogP contribution in [0.4, 0.5) is 0 Å². The highest BCUT2D eigenvalue weighted by Gasteiger charge is 2.63. The van der Waals surface area contributed by atoms with E-state index < -0.39 is 36.1 Å². The lowest BCUT2D eigenvalue weighted by Crippen LogP contribution is -2.61. The van der Waals surface area contributed by atoms with Crippen molar-refractivity contribution >= 4 is 16.7 Å². The summed E-state index contributed by atoms with van der Waals surface area (Å²) in [5, 5.41) is 34.8. The molecule has 0 radical (unpaired) electrons. The van der Waals surface area contributed by atoms with Crippen molar-refractivity contribution < 1.29 is 39.1 Å². The van der Waals surface area contributed by atoms with Crippen LogP contribution < -0.4 is 9.47 Å².